The zero-order chi connectivity index (χ0) is 17.3. The zero-order valence-corrected chi connectivity index (χ0v) is 14.7. The molecular weight excluding hydrogens is 324 g/mol. The fourth-order valence-corrected chi connectivity index (χ4v) is 4.73. The number of benzene rings is 2. The number of fused-ring (bicyclic) bond motifs is 1. The zero-order valence-electron chi connectivity index (χ0n) is 13.9. The fourth-order valence-electron chi connectivity index (χ4n) is 3.26. The second kappa shape index (κ2) is 6.45. The number of aryl methyl sites for hydroxylation is 2. The van der Waals surface area contributed by atoms with Crippen molar-refractivity contribution >= 4 is 15.7 Å². The van der Waals surface area contributed by atoms with Gasteiger partial charge in [-0.15, -0.1) is 0 Å². The normalized spacial score (nSPS) is 17.3. The van der Waals surface area contributed by atoms with Gasteiger partial charge in [-0.1, -0.05) is 6.07 Å². The maximum Gasteiger partial charge on any atom is 0.241 e. The molecule has 0 fully saturated rings. The van der Waals surface area contributed by atoms with Crippen LogP contribution in [0.2, 0.25) is 0 Å². The molecule has 6 heteroatoms. The molecule has 1 unspecified atom stereocenters. The van der Waals surface area contributed by atoms with E-state index in [0.717, 1.165) is 30.4 Å². The third kappa shape index (κ3) is 3.25. The van der Waals surface area contributed by atoms with Crippen molar-refractivity contribution < 1.29 is 13.2 Å². The Hall–Kier alpha value is -2.05. The number of rotatable bonds is 4. The van der Waals surface area contributed by atoms with Crippen LogP contribution >= 0.6 is 0 Å². The van der Waals surface area contributed by atoms with E-state index in [9.17, 15) is 8.42 Å². The summed E-state index contributed by atoms with van der Waals surface area (Å²) in [5.41, 5.74) is 9.36. The van der Waals surface area contributed by atoms with E-state index in [2.05, 4.69) is 4.72 Å². The van der Waals surface area contributed by atoms with E-state index >= 15 is 0 Å². The molecule has 5 nitrogen and oxygen atoms in total. The van der Waals surface area contributed by atoms with Crippen LogP contribution in [0, 0.1) is 6.92 Å². The Morgan fingerprint density at radius 1 is 1.21 bits per heavy atom. The van der Waals surface area contributed by atoms with Gasteiger partial charge in [0.2, 0.25) is 10.0 Å². The van der Waals surface area contributed by atoms with Gasteiger partial charge in [-0.25, -0.2) is 13.1 Å². The molecule has 2 aromatic carbocycles. The van der Waals surface area contributed by atoms with Crippen LogP contribution in [0.5, 0.6) is 5.75 Å². The molecular formula is C18H22N2O3S. The Morgan fingerprint density at radius 3 is 2.71 bits per heavy atom. The van der Waals surface area contributed by atoms with Gasteiger partial charge in [0.05, 0.1) is 12.0 Å². The minimum Gasteiger partial charge on any atom is -0.497 e. The Kier molecular flexibility index (Phi) is 4.51. The van der Waals surface area contributed by atoms with Gasteiger partial charge in [0.15, 0.2) is 0 Å². The van der Waals surface area contributed by atoms with Gasteiger partial charge in [-0.3, -0.25) is 0 Å². The third-order valence-electron chi connectivity index (χ3n) is 4.45. The fraction of sp³-hybridized carbons (Fsp3) is 0.333. The SMILES string of the molecule is COc1ccc(S(=O)(=O)NC2CCCc3cc(N)ccc32)c(C)c1. The summed E-state index contributed by atoms with van der Waals surface area (Å²) in [5.74, 6) is 0.643. The van der Waals surface area contributed by atoms with Crippen LogP contribution < -0.4 is 15.2 Å². The van der Waals surface area contributed by atoms with Crippen molar-refractivity contribution in [1.29, 1.82) is 0 Å². The minimum atomic E-state index is -3.61. The summed E-state index contributed by atoms with van der Waals surface area (Å²) in [6, 6.07) is 10.4. The topological polar surface area (TPSA) is 81.4 Å². The first-order chi connectivity index (χ1) is 11.4. The van der Waals surface area contributed by atoms with Gasteiger partial charge in [-0.2, -0.15) is 0 Å². The molecule has 0 saturated carbocycles. The lowest BCUT2D eigenvalue weighted by atomic mass is 9.88. The summed E-state index contributed by atoms with van der Waals surface area (Å²) in [6.07, 6.45) is 2.65. The van der Waals surface area contributed by atoms with E-state index in [1.165, 1.54) is 0 Å². The first-order valence-electron chi connectivity index (χ1n) is 7.96. The van der Waals surface area contributed by atoms with Gasteiger partial charge < -0.3 is 10.5 Å². The standard InChI is InChI=1S/C18H22N2O3S/c1-12-10-15(23-2)7-9-18(12)24(21,22)20-17-5-3-4-13-11-14(19)6-8-16(13)17/h6-11,17,20H,3-5,19H2,1-2H3. The van der Waals surface area contributed by atoms with Crippen molar-refractivity contribution in [3.8, 4) is 5.75 Å². The lowest BCUT2D eigenvalue weighted by Gasteiger charge is -2.26. The van der Waals surface area contributed by atoms with Crippen LogP contribution in [0.1, 0.15) is 35.6 Å². The molecule has 24 heavy (non-hydrogen) atoms. The van der Waals surface area contributed by atoms with E-state index in [1.54, 1.807) is 32.2 Å². The summed E-state index contributed by atoms with van der Waals surface area (Å²) < 4.78 is 33.6. The van der Waals surface area contributed by atoms with Crippen LogP contribution in [-0.4, -0.2) is 15.5 Å². The molecule has 1 atom stereocenters. The average molecular weight is 346 g/mol. The third-order valence-corrected chi connectivity index (χ3v) is 6.08. The van der Waals surface area contributed by atoms with Crippen LogP contribution in [0.3, 0.4) is 0 Å². The van der Waals surface area contributed by atoms with Crippen molar-refractivity contribution in [3.05, 3.63) is 53.1 Å². The van der Waals surface area contributed by atoms with E-state index in [0.29, 0.717) is 17.0 Å². The van der Waals surface area contributed by atoms with Crippen molar-refractivity contribution in [2.45, 2.75) is 37.1 Å². The first-order valence-corrected chi connectivity index (χ1v) is 9.44. The molecule has 0 aromatic heterocycles. The highest BCUT2D eigenvalue weighted by atomic mass is 32.2. The number of sulfonamides is 1. The molecule has 3 rings (SSSR count). The van der Waals surface area contributed by atoms with Gasteiger partial charge in [0.25, 0.3) is 0 Å². The van der Waals surface area contributed by atoms with Gasteiger partial charge in [0, 0.05) is 11.7 Å². The molecule has 0 amide bonds. The molecule has 0 radical (unpaired) electrons. The maximum atomic E-state index is 12.8. The van der Waals surface area contributed by atoms with Crippen molar-refractivity contribution in [3.63, 3.8) is 0 Å². The number of methoxy groups -OCH3 is 1. The Morgan fingerprint density at radius 2 is 2.00 bits per heavy atom. The molecule has 2 aromatic rings. The van der Waals surface area contributed by atoms with Crippen molar-refractivity contribution in [2.75, 3.05) is 12.8 Å². The second-order valence-electron chi connectivity index (χ2n) is 6.16. The van der Waals surface area contributed by atoms with Gasteiger partial charge in [0.1, 0.15) is 5.75 Å². The van der Waals surface area contributed by atoms with Crippen LogP contribution in [0.15, 0.2) is 41.3 Å². The van der Waals surface area contributed by atoms with E-state index < -0.39 is 10.0 Å². The minimum absolute atomic E-state index is 0.221. The van der Waals surface area contributed by atoms with Gasteiger partial charge in [-0.05, 0) is 73.2 Å². The van der Waals surface area contributed by atoms with Crippen molar-refractivity contribution in [2.24, 2.45) is 0 Å². The Balaban J connectivity index is 1.91. The van der Waals surface area contributed by atoms with Crippen LogP contribution in [0.4, 0.5) is 5.69 Å². The van der Waals surface area contributed by atoms with Crippen molar-refractivity contribution in [1.82, 2.24) is 4.72 Å². The summed E-state index contributed by atoms with van der Waals surface area (Å²) in [6.45, 7) is 1.77. The largest absolute Gasteiger partial charge is 0.497 e. The van der Waals surface area contributed by atoms with E-state index in [1.807, 2.05) is 18.2 Å². The smallest absolute Gasteiger partial charge is 0.241 e. The quantitative estimate of drug-likeness (QED) is 0.834. The monoisotopic (exact) mass is 346 g/mol. The number of nitrogens with one attached hydrogen (secondary N) is 1. The highest BCUT2D eigenvalue weighted by Crippen LogP contribution is 2.32. The lowest BCUT2D eigenvalue weighted by Crippen LogP contribution is -2.31. The molecule has 0 spiro atoms. The van der Waals surface area contributed by atoms with E-state index in [4.69, 9.17) is 10.5 Å². The Labute approximate surface area is 142 Å². The molecule has 0 heterocycles. The number of hydrogen-bond donors (Lipinski definition) is 2. The predicted molar refractivity (Wildman–Crippen MR) is 94.6 cm³/mol. The number of ether oxygens (including phenoxy) is 1. The number of hydrogen-bond acceptors (Lipinski definition) is 4. The first kappa shape index (κ1) is 16.8. The van der Waals surface area contributed by atoms with Crippen LogP contribution in [0.25, 0.3) is 0 Å². The highest BCUT2D eigenvalue weighted by molar-refractivity contribution is 7.89. The Bertz CT molecular complexity index is 863. The molecule has 0 aliphatic heterocycles. The van der Waals surface area contributed by atoms with Gasteiger partial charge >= 0.3 is 0 Å². The predicted octanol–water partition coefficient (Wildman–Crippen LogP) is 2.94. The van der Waals surface area contributed by atoms with E-state index in [-0.39, 0.29) is 10.9 Å². The maximum absolute atomic E-state index is 12.8. The molecule has 0 bridgehead atoms. The van der Waals surface area contributed by atoms with Crippen LogP contribution in [-0.2, 0) is 16.4 Å². The second-order valence-corrected chi connectivity index (χ2v) is 7.84. The summed E-state index contributed by atoms with van der Waals surface area (Å²) in [4.78, 5) is 0.283. The molecule has 3 N–H and O–H groups in total. The lowest BCUT2D eigenvalue weighted by molar-refractivity contribution is 0.414. The summed E-state index contributed by atoms with van der Waals surface area (Å²) >= 11 is 0. The number of nitrogen functional groups attached to an aromatic ring is 1. The average Bonchev–Trinajstić information content (AvgIpc) is 2.54. The highest BCUT2D eigenvalue weighted by Gasteiger charge is 2.26. The number of nitrogens with two attached hydrogens (primary N) is 1. The number of anilines is 1. The molecule has 1 aliphatic rings. The summed E-state index contributed by atoms with van der Waals surface area (Å²) in [7, 11) is -2.04. The molecule has 0 saturated heterocycles. The summed E-state index contributed by atoms with van der Waals surface area (Å²) in [5, 5.41) is 0. The molecule has 1 aliphatic carbocycles. The molecule has 128 valence electrons.